The van der Waals surface area contributed by atoms with Crippen LogP contribution < -0.4 is 5.32 Å². The molecule has 4 rings (SSSR count). The summed E-state index contributed by atoms with van der Waals surface area (Å²) in [5.41, 5.74) is 2.12. The maximum absolute atomic E-state index is 12.8. The van der Waals surface area contributed by atoms with Gasteiger partial charge >= 0.3 is 0 Å². The zero-order chi connectivity index (χ0) is 19.2. The van der Waals surface area contributed by atoms with Crippen LogP contribution in [0.3, 0.4) is 0 Å². The van der Waals surface area contributed by atoms with Gasteiger partial charge in [0.2, 0.25) is 11.7 Å². The molecule has 4 aromatic rings. The first kappa shape index (κ1) is 17.5. The maximum Gasteiger partial charge on any atom is 0.252 e. The number of nitrogens with one attached hydrogen (secondary N) is 1. The summed E-state index contributed by atoms with van der Waals surface area (Å²) >= 11 is 0. The molecule has 0 bridgehead atoms. The lowest BCUT2D eigenvalue weighted by atomic mass is 10.0. The number of hydrogen-bond donors (Lipinski definition) is 1. The summed E-state index contributed by atoms with van der Waals surface area (Å²) in [5.74, 6) is 1.15. The minimum absolute atomic E-state index is 0.126. The number of carbonyl (C=O) groups excluding carboxylic acids is 1. The van der Waals surface area contributed by atoms with Crippen molar-refractivity contribution in [1.29, 1.82) is 0 Å². The maximum atomic E-state index is 12.8. The fourth-order valence-corrected chi connectivity index (χ4v) is 2.70. The number of nitrogens with zero attached hydrogens (tertiary/aromatic N) is 2. The average molecular weight is 371 g/mol. The van der Waals surface area contributed by atoms with Crippen molar-refractivity contribution in [3.05, 3.63) is 96.3 Å². The van der Waals surface area contributed by atoms with Gasteiger partial charge in [0.25, 0.3) is 5.91 Å². The highest BCUT2D eigenvalue weighted by atomic mass is 16.5. The lowest BCUT2D eigenvalue weighted by molar-refractivity contribution is -0.115. The molecule has 0 radical (unpaired) electrons. The van der Waals surface area contributed by atoms with Crippen LogP contribution in [0.2, 0.25) is 0 Å². The van der Waals surface area contributed by atoms with Crippen molar-refractivity contribution in [2.45, 2.75) is 6.54 Å². The van der Waals surface area contributed by atoms with Crippen LogP contribution in [0.15, 0.2) is 88.0 Å². The molecule has 0 atom stereocenters. The van der Waals surface area contributed by atoms with Gasteiger partial charge in [-0.05, 0) is 23.8 Å². The van der Waals surface area contributed by atoms with E-state index in [4.69, 9.17) is 8.94 Å². The minimum Gasteiger partial charge on any atom is -0.465 e. The number of aromatic nitrogens is 2. The van der Waals surface area contributed by atoms with Gasteiger partial charge in [-0.15, -0.1) is 0 Å². The van der Waals surface area contributed by atoms with Crippen LogP contribution in [0.25, 0.3) is 23.0 Å². The standard InChI is InChI=1S/C22H17N3O3/c26-22(19(14-18-12-7-13-27-18)16-8-3-1-4-9-16)23-15-20-24-21(25-28-20)17-10-5-2-6-11-17/h1-14H,15H2,(H,23,26)/b19-14+. The molecule has 6 heteroatoms. The molecule has 0 fully saturated rings. The van der Waals surface area contributed by atoms with E-state index in [9.17, 15) is 4.79 Å². The topological polar surface area (TPSA) is 81.2 Å². The Balaban J connectivity index is 1.50. The quantitative estimate of drug-likeness (QED) is 0.514. The summed E-state index contributed by atoms with van der Waals surface area (Å²) in [4.78, 5) is 17.1. The molecule has 0 unspecified atom stereocenters. The van der Waals surface area contributed by atoms with Crippen LogP contribution in [0.5, 0.6) is 0 Å². The molecule has 0 spiro atoms. The normalized spacial score (nSPS) is 11.4. The van der Waals surface area contributed by atoms with Crippen LogP contribution in [0, 0.1) is 0 Å². The Morgan fingerprint density at radius 3 is 2.43 bits per heavy atom. The van der Waals surface area contributed by atoms with Crippen LogP contribution in [-0.2, 0) is 11.3 Å². The fraction of sp³-hybridized carbons (Fsp3) is 0.0455. The van der Waals surface area contributed by atoms with E-state index in [1.807, 2.05) is 60.7 Å². The second-order valence-electron chi connectivity index (χ2n) is 6.00. The number of benzene rings is 2. The van der Waals surface area contributed by atoms with Gasteiger partial charge in [-0.25, -0.2) is 0 Å². The van der Waals surface area contributed by atoms with Gasteiger partial charge in [0.05, 0.1) is 18.4 Å². The Morgan fingerprint density at radius 2 is 1.71 bits per heavy atom. The number of carbonyl (C=O) groups is 1. The predicted octanol–water partition coefficient (Wildman–Crippen LogP) is 4.19. The Kier molecular flexibility index (Phi) is 5.11. The highest BCUT2D eigenvalue weighted by Gasteiger charge is 2.15. The van der Waals surface area contributed by atoms with Crippen LogP contribution in [0.4, 0.5) is 0 Å². The third-order valence-electron chi connectivity index (χ3n) is 4.06. The summed E-state index contributed by atoms with van der Waals surface area (Å²) in [5, 5.41) is 6.79. The largest absolute Gasteiger partial charge is 0.465 e. The second-order valence-corrected chi connectivity index (χ2v) is 6.00. The Morgan fingerprint density at radius 1 is 0.964 bits per heavy atom. The average Bonchev–Trinajstić information content (AvgIpc) is 3.44. The smallest absolute Gasteiger partial charge is 0.252 e. The fourth-order valence-electron chi connectivity index (χ4n) is 2.70. The van der Waals surface area contributed by atoms with Crippen LogP contribution in [0.1, 0.15) is 17.2 Å². The van der Waals surface area contributed by atoms with E-state index in [1.165, 1.54) is 0 Å². The molecule has 0 saturated carbocycles. The summed E-state index contributed by atoms with van der Waals surface area (Å²) in [6.07, 6.45) is 3.27. The monoisotopic (exact) mass is 371 g/mol. The highest BCUT2D eigenvalue weighted by Crippen LogP contribution is 2.19. The molecule has 0 saturated heterocycles. The summed E-state index contributed by atoms with van der Waals surface area (Å²) < 4.78 is 10.6. The molecule has 0 aliphatic heterocycles. The van der Waals surface area contributed by atoms with Crippen LogP contribution in [-0.4, -0.2) is 16.0 Å². The predicted molar refractivity (Wildman–Crippen MR) is 105 cm³/mol. The molecule has 2 aromatic heterocycles. The summed E-state index contributed by atoms with van der Waals surface area (Å²) in [6, 6.07) is 22.5. The highest BCUT2D eigenvalue weighted by molar-refractivity contribution is 6.23. The molecule has 28 heavy (non-hydrogen) atoms. The molecular weight excluding hydrogens is 354 g/mol. The van der Waals surface area contributed by atoms with E-state index >= 15 is 0 Å². The molecule has 1 N–H and O–H groups in total. The summed E-state index contributed by atoms with van der Waals surface area (Å²) in [7, 11) is 0. The van der Waals surface area contributed by atoms with Crippen molar-refractivity contribution in [3.63, 3.8) is 0 Å². The van der Waals surface area contributed by atoms with Crippen molar-refractivity contribution in [1.82, 2.24) is 15.5 Å². The van der Waals surface area contributed by atoms with E-state index in [1.54, 1.807) is 24.5 Å². The SMILES string of the molecule is O=C(NCc1nc(-c2ccccc2)no1)/C(=C/c1ccco1)c1ccccc1. The first-order valence-electron chi connectivity index (χ1n) is 8.76. The van der Waals surface area contributed by atoms with Gasteiger partial charge in [-0.2, -0.15) is 4.98 Å². The first-order valence-corrected chi connectivity index (χ1v) is 8.76. The zero-order valence-corrected chi connectivity index (χ0v) is 14.9. The molecule has 0 aliphatic rings. The molecule has 1 amide bonds. The number of rotatable bonds is 6. The van der Waals surface area contributed by atoms with Gasteiger partial charge in [0, 0.05) is 5.56 Å². The second kappa shape index (κ2) is 8.18. The third kappa shape index (κ3) is 4.07. The molecule has 2 aromatic carbocycles. The van der Waals surface area contributed by atoms with Crippen molar-refractivity contribution in [2.75, 3.05) is 0 Å². The number of furan rings is 1. The molecule has 138 valence electrons. The van der Waals surface area contributed by atoms with E-state index in [0.29, 0.717) is 23.0 Å². The minimum atomic E-state index is -0.262. The lowest BCUT2D eigenvalue weighted by Gasteiger charge is -2.07. The molecule has 0 aliphatic carbocycles. The van der Waals surface area contributed by atoms with E-state index in [0.717, 1.165) is 11.1 Å². The van der Waals surface area contributed by atoms with Crippen LogP contribution >= 0.6 is 0 Å². The van der Waals surface area contributed by atoms with Crippen molar-refractivity contribution in [2.24, 2.45) is 0 Å². The zero-order valence-electron chi connectivity index (χ0n) is 14.9. The summed E-state index contributed by atoms with van der Waals surface area (Å²) in [6.45, 7) is 0.126. The van der Waals surface area contributed by atoms with E-state index in [2.05, 4.69) is 15.5 Å². The number of hydrogen-bond acceptors (Lipinski definition) is 5. The third-order valence-corrected chi connectivity index (χ3v) is 4.06. The van der Waals surface area contributed by atoms with Crippen molar-refractivity contribution < 1.29 is 13.7 Å². The van der Waals surface area contributed by atoms with Crippen molar-refractivity contribution in [3.8, 4) is 11.4 Å². The molecular formula is C22H17N3O3. The van der Waals surface area contributed by atoms with Gasteiger partial charge < -0.3 is 14.3 Å². The van der Waals surface area contributed by atoms with Gasteiger partial charge in [-0.3, -0.25) is 4.79 Å². The van der Waals surface area contributed by atoms with Crippen molar-refractivity contribution >= 4 is 17.6 Å². The lowest BCUT2D eigenvalue weighted by Crippen LogP contribution is -2.24. The molecule has 2 heterocycles. The van der Waals surface area contributed by atoms with E-state index in [-0.39, 0.29) is 12.5 Å². The van der Waals surface area contributed by atoms with Gasteiger partial charge in [0.15, 0.2) is 0 Å². The Hall–Kier alpha value is -3.93. The number of amides is 1. The Labute approximate surface area is 161 Å². The van der Waals surface area contributed by atoms with Gasteiger partial charge in [-0.1, -0.05) is 65.8 Å². The molecule has 6 nitrogen and oxygen atoms in total. The van der Waals surface area contributed by atoms with E-state index < -0.39 is 0 Å². The van der Waals surface area contributed by atoms with Gasteiger partial charge in [0.1, 0.15) is 5.76 Å². The first-order chi connectivity index (χ1) is 13.8. The Bertz CT molecular complexity index is 1070.